The molecule has 1 N–H and O–H groups in total. The minimum atomic E-state index is -0.382. The van der Waals surface area contributed by atoms with Crippen molar-refractivity contribution in [3.8, 4) is 5.75 Å². The molecule has 4 rings (SSSR count). The van der Waals surface area contributed by atoms with E-state index >= 15 is 0 Å². The summed E-state index contributed by atoms with van der Waals surface area (Å²) in [6.07, 6.45) is 1.43. The Kier molecular flexibility index (Phi) is 4.44. The Morgan fingerprint density at radius 3 is 2.86 bits per heavy atom. The largest absolute Gasteiger partial charge is 0.485 e. The van der Waals surface area contributed by atoms with Crippen LogP contribution in [0, 0.1) is 13.8 Å². The maximum absolute atomic E-state index is 12.3. The zero-order chi connectivity index (χ0) is 19.7. The van der Waals surface area contributed by atoms with Gasteiger partial charge in [0, 0.05) is 12.1 Å². The summed E-state index contributed by atoms with van der Waals surface area (Å²) in [7, 11) is 0. The summed E-state index contributed by atoms with van der Waals surface area (Å²) in [5.74, 6) is 0.857. The van der Waals surface area contributed by atoms with E-state index in [0.29, 0.717) is 28.5 Å². The molecule has 0 aliphatic rings. The molecule has 0 bridgehead atoms. The van der Waals surface area contributed by atoms with Crippen molar-refractivity contribution >= 4 is 17.2 Å². The van der Waals surface area contributed by atoms with Crippen molar-refractivity contribution in [3.05, 3.63) is 81.9 Å². The Balaban J connectivity index is 1.56. The Hall–Kier alpha value is -3.81. The number of furan rings is 1. The van der Waals surface area contributed by atoms with E-state index in [9.17, 15) is 9.59 Å². The molecular weight excluding hydrogens is 362 g/mol. The van der Waals surface area contributed by atoms with E-state index in [2.05, 4.69) is 10.3 Å². The number of hydrogen-bond donors (Lipinski definition) is 1. The van der Waals surface area contributed by atoms with Crippen molar-refractivity contribution in [3.63, 3.8) is 0 Å². The van der Waals surface area contributed by atoms with Crippen LogP contribution in [0.1, 0.15) is 27.6 Å². The molecule has 0 spiro atoms. The summed E-state index contributed by atoms with van der Waals surface area (Å²) >= 11 is 0. The van der Waals surface area contributed by atoms with E-state index < -0.39 is 0 Å². The molecule has 1 amide bonds. The highest BCUT2D eigenvalue weighted by atomic mass is 16.5. The first kappa shape index (κ1) is 17.6. The van der Waals surface area contributed by atoms with Crippen molar-refractivity contribution in [1.82, 2.24) is 9.56 Å². The number of nitrogens with one attached hydrogen (secondary N) is 1. The SMILES string of the molecule is Cc1ccc(OCc2cc(=O)n3oc(C)cc3n2)c(NC(=O)c2ccco2)c1. The molecule has 0 aliphatic heterocycles. The van der Waals surface area contributed by atoms with Gasteiger partial charge >= 0.3 is 0 Å². The van der Waals surface area contributed by atoms with Gasteiger partial charge in [0.15, 0.2) is 11.4 Å². The van der Waals surface area contributed by atoms with Gasteiger partial charge in [-0.25, -0.2) is 4.98 Å². The third-order valence-corrected chi connectivity index (χ3v) is 4.03. The minimum absolute atomic E-state index is 0.0582. The van der Waals surface area contributed by atoms with Crippen LogP contribution in [-0.4, -0.2) is 15.5 Å². The van der Waals surface area contributed by atoms with Gasteiger partial charge in [0.2, 0.25) is 0 Å². The average molecular weight is 379 g/mol. The molecule has 4 aromatic rings. The summed E-state index contributed by atoms with van der Waals surface area (Å²) in [6, 6.07) is 11.6. The van der Waals surface area contributed by atoms with Gasteiger partial charge in [0.25, 0.3) is 11.5 Å². The molecular formula is C20H17N3O5. The number of fused-ring (bicyclic) bond motifs is 1. The van der Waals surface area contributed by atoms with E-state index in [1.807, 2.05) is 13.0 Å². The zero-order valence-electron chi connectivity index (χ0n) is 15.3. The third-order valence-electron chi connectivity index (χ3n) is 4.03. The molecule has 3 aromatic heterocycles. The number of rotatable bonds is 5. The maximum Gasteiger partial charge on any atom is 0.291 e. The Labute approximate surface area is 159 Å². The van der Waals surface area contributed by atoms with Crippen molar-refractivity contribution in [1.29, 1.82) is 0 Å². The number of ether oxygens (including phenoxy) is 1. The third kappa shape index (κ3) is 3.52. The van der Waals surface area contributed by atoms with Crippen molar-refractivity contribution in [2.75, 3.05) is 5.32 Å². The molecule has 142 valence electrons. The number of benzene rings is 1. The lowest BCUT2D eigenvalue weighted by Gasteiger charge is -2.12. The predicted molar refractivity (Wildman–Crippen MR) is 101 cm³/mol. The minimum Gasteiger partial charge on any atom is -0.485 e. The quantitative estimate of drug-likeness (QED) is 0.571. The normalized spacial score (nSPS) is 10.9. The van der Waals surface area contributed by atoms with E-state index in [-0.39, 0.29) is 23.8 Å². The number of nitrogens with zero attached hydrogens (tertiary/aromatic N) is 2. The molecule has 0 aliphatic carbocycles. The fraction of sp³-hybridized carbons (Fsp3) is 0.150. The Bertz CT molecular complexity index is 1200. The molecule has 8 heteroatoms. The van der Waals surface area contributed by atoms with Crippen molar-refractivity contribution < 1.29 is 18.5 Å². The highest BCUT2D eigenvalue weighted by Crippen LogP contribution is 2.27. The highest BCUT2D eigenvalue weighted by molar-refractivity contribution is 6.03. The molecule has 0 atom stereocenters. The summed E-state index contributed by atoms with van der Waals surface area (Å²) < 4.78 is 17.3. The second-order valence-corrected chi connectivity index (χ2v) is 6.30. The van der Waals surface area contributed by atoms with Gasteiger partial charge in [0.05, 0.1) is 17.6 Å². The van der Waals surface area contributed by atoms with Crippen LogP contribution < -0.4 is 15.6 Å². The standard InChI is InChI=1S/C20H17N3O5/c1-12-5-6-16(15(8-12)22-20(25)17-4-3-7-26-17)27-11-14-10-19(24)23-18(21-14)9-13(2)28-23/h3-10H,11H2,1-2H3,(H,22,25). The summed E-state index contributed by atoms with van der Waals surface area (Å²) in [6.45, 7) is 3.71. The Morgan fingerprint density at radius 1 is 1.21 bits per heavy atom. The number of hydrogen-bond acceptors (Lipinski definition) is 6. The first-order valence-corrected chi connectivity index (χ1v) is 8.57. The molecule has 0 saturated carbocycles. The molecule has 3 heterocycles. The van der Waals surface area contributed by atoms with Gasteiger partial charge in [-0.15, -0.1) is 4.57 Å². The molecule has 0 unspecified atom stereocenters. The summed E-state index contributed by atoms with van der Waals surface area (Å²) in [4.78, 5) is 28.8. The monoisotopic (exact) mass is 379 g/mol. The first-order valence-electron chi connectivity index (χ1n) is 8.57. The molecule has 0 radical (unpaired) electrons. The van der Waals surface area contributed by atoms with Crippen LogP contribution in [0.25, 0.3) is 5.65 Å². The molecule has 8 nitrogen and oxygen atoms in total. The van der Waals surface area contributed by atoms with Gasteiger partial charge in [-0.05, 0) is 43.7 Å². The van der Waals surface area contributed by atoms with Crippen LogP contribution in [0.4, 0.5) is 5.69 Å². The van der Waals surface area contributed by atoms with Gasteiger partial charge in [-0.2, -0.15) is 0 Å². The predicted octanol–water partition coefficient (Wildman–Crippen LogP) is 3.33. The maximum atomic E-state index is 12.3. The molecule has 1 aromatic carbocycles. The van der Waals surface area contributed by atoms with Crippen LogP contribution in [0.5, 0.6) is 5.75 Å². The lowest BCUT2D eigenvalue weighted by molar-refractivity contribution is 0.0996. The average Bonchev–Trinajstić information content (AvgIpc) is 3.30. The van der Waals surface area contributed by atoms with Crippen LogP contribution in [0.15, 0.2) is 62.5 Å². The van der Waals surface area contributed by atoms with E-state index in [1.54, 1.807) is 37.3 Å². The van der Waals surface area contributed by atoms with Gasteiger partial charge in [-0.3, -0.25) is 9.59 Å². The Morgan fingerprint density at radius 2 is 2.07 bits per heavy atom. The topological polar surface area (TPSA) is 99.0 Å². The van der Waals surface area contributed by atoms with Crippen LogP contribution >= 0.6 is 0 Å². The van der Waals surface area contributed by atoms with E-state index in [4.69, 9.17) is 13.7 Å². The van der Waals surface area contributed by atoms with Crippen LogP contribution in [-0.2, 0) is 6.61 Å². The fourth-order valence-corrected chi connectivity index (χ4v) is 2.76. The first-order chi connectivity index (χ1) is 13.5. The second kappa shape index (κ2) is 7.07. The van der Waals surface area contributed by atoms with Crippen molar-refractivity contribution in [2.24, 2.45) is 0 Å². The number of aromatic nitrogens is 2. The van der Waals surface area contributed by atoms with E-state index in [1.165, 1.54) is 12.3 Å². The highest BCUT2D eigenvalue weighted by Gasteiger charge is 2.13. The zero-order valence-corrected chi connectivity index (χ0v) is 15.3. The number of carbonyl (C=O) groups excluding carboxylic acids is 1. The van der Waals surface area contributed by atoms with Gasteiger partial charge in [-0.1, -0.05) is 6.07 Å². The van der Waals surface area contributed by atoms with Crippen molar-refractivity contribution in [2.45, 2.75) is 20.5 Å². The van der Waals surface area contributed by atoms with Crippen LogP contribution in [0.2, 0.25) is 0 Å². The molecule has 28 heavy (non-hydrogen) atoms. The second-order valence-electron chi connectivity index (χ2n) is 6.30. The van der Waals surface area contributed by atoms with E-state index in [0.717, 1.165) is 10.1 Å². The van der Waals surface area contributed by atoms with Gasteiger partial charge < -0.3 is 19.0 Å². The number of aryl methyl sites for hydroxylation is 2. The fourth-order valence-electron chi connectivity index (χ4n) is 2.76. The smallest absolute Gasteiger partial charge is 0.291 e. The molecule has 0 fully saturated rings. The summed E-state index contributed by atoms with van der Waals surface area (Å²) in [5.41, 5.74) is 1.99. The van der Waals surface area contributed by atoms with Crippen LogP contribution in [0.3, 0.4) is 0 Å². The summed E-state index contributed by atoms with van der Waals surface area (Å²) in [5, 5.41) is 2.78. The lowest BCUT2D eigenvalue weighted by Crippen LogP contribution is -2.15. The molecule has 0 saturated heterocycles. The lowest BCUT2D eigenvalue weighted by atomic mass is 10.2. The number of anilines is 1. The number of amides is 1. The number of carbonyl (C=O) groups is 1. The van der Waals surface area contributed by atoms with Gasteiger partial charge in [0.1, 0.15) is 18.1 Å².